The highest BCUT2D eigenvalue weighted by Crippen LogP contribution is 2.36. The Morgan fingerprint density at radius 1 is 1.24 bits per heavy atom. The van der Waals surface area contributed by atoms with Crippen molar-refractivity contribution in [2.45, 2.75) is 82.7 Å². The van der Waals surface area contributed by atoms with Crippen LogP contribution in [0.2, 0.25) is 0 Å². The van der Waals surface area contributed by atoms with E-state index in [1.165, 1.54) is 0 Å². The molecule has 1 N–H and O–H groups in total. The van der Waals surface area contributed by atoms with Crippen LogP contribution >= 0.6 is 11.8 Å². The van der Waals surface area contributed by atoms with Crippen molar-refractivity contribution in [3.8, 4) is 0 Å². The molecule has 2 aliphatic rings. The summed E-state index contributed by atoms with van der Waals surface area (Å²) < 4.78 is 0. The molecule has 120 valence electrons. The van der Waals surface area contributed by atoms with Crippen molar-refractivity contribution < 1.29 is 9.59 Å². The molecule has 1 saturated carbocycles. The lowest BCUT2D eigenvalue weighted by Gasteiger charge is -2.47. The lowest BCUT2D eigenvalue weighted by molar-refractivity contribution is -0.157. The molecule has 2 fully saturated rings. The number of piperazine rings is 1. The van der Waals surface area contributed by atoms with E-state index in [4.69, 9.17) is 0 Å². The van der Waals surface area contributed by atoms with Crippen molar-refractivity contribution >= 4 is 23.6 Å². The normalized spacial score (nSPS) is 32.4. The van der Waals surface area contributed by atoms with Gasteiger partial charge in [0.1, 0.15) is 11.6 Å². The van der Waals surface area contributed by atoms with Crippen molar-refractivity contribution in [2.75, 3.05) is 5.75 Å². The Labute approximate surface area is 132 Å². The maximum atomic E-state index is 13.0. The Bertz CT molecular complexity index is 409. The molecule has 0 aromatic heterocycles. The maximum Gasteiger partial charge on any atom is 0.249 e. The van der Waals surface area contributed by atoms with E-state index in [-0.39, 0.29) is 23.9 Å². The molecule has 2 rings (SSSR count). The quantitative estimate of drug-likeness (QED) is 0.849. The van der Waals surface area contributed by atoms with Gasteiger partial charge in [-0.05, 0) is 44.8 Å². The highest BCUT2D eigenvalue weighted by Gasteiger charge is 2.50. The molecule has 1 aliphatic carbocycles. The molecular formula is C16H28N2O2S. The smallest absolute Gasteiger partial charge is 0.249 e. The summed E-state index contributed by atoms with van der Waals surface area (Å²) in [5, 5.41) is 3.62. The minimum Gasteiger partial charge on any atom is -0.340 e. The van der Waals surface area contributed by atoms with Gasteiger partial charge in [-0.15, -0.1) is 0 Å². The average molecular weight is 312 g/mol. The summed E-state index contributed by atoms with van der Waals surface area (Å²) in [5.74, 6) is 1.26. The Kier molecular flexibility index (Phi) is 5.23. The first kappa shape index (κ1) is 16.7. The van der Waals surface area contributed by atoms with Crippen molar-refractivity contribution in [3.05, 3.63) is 0 Å². The summed E-state index contributed by atoms with van der Waals surface area (Å²) in [4.78, 5) is 27.3. The molecule has 21 heavy (non-hydrogen) atoms. The SMILES string of the molecule is CCSC1CCC(N2C(=O)C(CC)(CC)NC(=O)C2C)C1. The monoisotopic (exact) mass is 312 g/mol. The lowest BCUT2D eigenvalue weighted by atomic mass is 9.86. The van der Waals surface area contributed by atoms with Crippen LogP contribution in [0.15, 0.2) is 0 Å². The van der Waals surface area contributed by atoms with Crippen LogP contribution < -0.4 is 5.32 Å². The van der Waals surface area contributed by atoms with Crippen LogP contribution in [-0.4, -0.2) is 45.3 Å². The van der Waals surface area contributed by atoms with E-state index in [1.54, 1.807) is 0 Å². The molecule has 1 heterocycles. The molecule has 4 nitrogen and oxygen atoms in total. The summed E-state index contributed by atoms with van der Waals surface area (Å²) in [5.41, 5.74) is -0.681. The molecule has 0 aromatic carbocycles. The predicted octanol–water partition coefficient (Wildman–Crippen LogP) is 2.57. The Hall–Kier alpha value is -0.710. The van der Waals surface area contributed by atoms with E-state index in [9.17, 15) is 9.59 Å². The van der Waals surface area contributed by atoms with Crippen LogP contribution in [0.3, 0.4) is 0 Å². The van der Waals surface area contributed by atoms with Crippen LogP contribution in [0.1, 0.15) is 59.8 Å². The van der Waals surface area contributed by atoms with Gasteiger partial charge >= 0.3 is 0 Å². The largest absolute Gasteiger partial charge is 0.340 e. The van der Waals surface area contributed by atoms with Crippen LogP contribution in [-0.2, 0) is 9.59 Å². The number of carbonyl (C=O) groups is 2. The predicted molar refractivity (Wildman–Crippen MR) is 87.3 cm³/mol. The van der Waals surface area contributed by atoms with Gasteiger partial charge in [0.2, 0.25) is 11.8 Å². The zero-order valence-electron chi connectivity index (χ0n) is 13.6. The fraction of sp³-hybridized carbons (Fsp3) is 0.875. The molecule has 1 saturated heterocycles. The fourth-order valence-corrected chi connectivity index (χ4v) is 4.84. The number of nitrogens with one attached hydrogen (secondary N) is 1. The van der Waals surface area contributed by atoms with Gasteiger partial charge in [0.05, 0.1) is 0 Å². The van der Waals surface area contributed by atoms with Crippen molar-refractivity contribution in [2.24, 2.45) is 0 Å². The molecule has 0 radical (unpaired) electrons. The third-order valence-corrected chi connectivity index (χ3v) is 6.40. The summed E-state index contributed by atoms with van der Waals surface area (Å²) in [6.07, 6.45) is 4.55. The van der Waals surface area contributed by atoms with Gasteiger partial charge in [-0.1, -0.05) is 20.8 Å². The van der Waals surface area contributed by atoms with Gasteiger partial charge < -0.3 is 10.2 Å². The van der Waals surface area contributed by atoms with Crippen LogP contribution in [0.4, 0.5) is 0 Å². The maximum absolute atomic E-state index is 13.0. The van der Waals surface area contributed by atoms with Gasteiger partial charge in [-0.2, -0.15) is 11.8 Å². The van der Waals surface area contributed by atoms with Gasteiger partial charge in [0, 0.05) is 11.3 Å². The Balaban J connectivity index is 2.20. The number of hydrogen-bond donors (Lipinski definition) is 1. The minimum atomic E-state index is -0.681. The van der Waals surface area contributed by atoms with Crippen molar-refractivity contribution in [1.29, 1.82) is 0 Å². The second kappa shape index (κ2) is 6.59. The number of nitrogens with zero attached hydrogens (tertiary/aromatic N) is 1. The summed E-state index contributed by atoms with van der Waals surface area (Å²) in [6, 6.07) is -0.0980. The van der Waals surface area contributed by atoms with Crippen molar-refractivity contribution in [1.82, 2.24) is 10.2 Å². The topological polar surface area (TPSA) is 49.4 Å². The minimum absolute atomic E-state index is 0.00453. The number of thioether (sulfide) groups is 1. The number of amides is 2. The second-order valence-corrected chi connectivity index (χ2v) is 7.79. The number of carbonyl (C=O) groups excluding carboxylic acids is 2. The zero-order valence-corrected chi connectivity index (χ0v) is 14.5. The van der Waals surface area contributed by atoms with Gasteiger partial charge in [0.15, 0.2) is 0 Å². The van der Waals surface area contributed by atoms with Gasteiger partial charge in [-0.3, -0.25) is 9.59 Å². The highest BCUT2D eigenvalue weighted by molar-refractivity contribution is 7.99. The summed E-state index contributed by atoms with van der Waals surface area (Å²) >= 11 is 1.98. The second-order valence-electron chi connectivity index (χ2n) is 6.21. The van der Waals surface area contributed by atoms with Crippen LogP contribution in [0.25, 0.3) is 0 Å². The van der Waals surface area contributed by atoms with E-state index in [1.807, 2.05) is 37.4 Å². The van der Waals surface area contributed by atoms with Crippen molar-refractivity contribution in [3.63, 3.8) is 0 Å². The van der Waals surface area contributed by atoms with E-state index >= 15 is 0 Å². The van der Waals surface area contributed by atoms with Gasteiger partial charge in [-0.25, -0.2) is 0 Å². The average Bonchev–Trinajstić information content (AvgIpc) is 2.92. The number of rotatable bonds is 5. The first-order valence-electron chi connectivity index (χ1n) is 8.25. The van der Waals surface area contributed by atoms with Crippen LogP contribution in [0.5, 0.6) is 0 Å². The highest BCUT2D eigenvalue weighted by atomic mass is 32.2. The molecular weight excluding hydrogens is 284 g/mol. The standard InChI is InChI=1S/C16H28N2O2S/c1-5-16(6-2)15(20)18(11(4)14(19)17-16)12-8-9-13(10-12)21-7-3/h11-13H,5-10H2,1-4H3,(H,17,19). The molecule has 3 unspecified atom stereocenters. The van der Waals surface area contributed by atoms with E-state index in [0.717, 1.165) is 25.0 Å². The molecule has 3 atom stereocenters. The summed E-state index contributed by atoms with van der Waals surface area (Å²) in [6.45, 7) is 8.02. The van der Waals surface area contributed by atoms with Gasteiger partial charge in [0.25, 0.3) is 0 Å². The molecule has 5 heteroatoms. The van der Waals surface area contributed by atoms with E-state index in [2.05, 4.69) is 12.2 Å². The third-order valence-electron chi connectivity index (χ3n) is 5.16. The molecule has 0 aromatic rings. The lowest BCUT2D eigenvalue weighted by Crippen LogP contribution is -2.70. The molecule has 2 amide bonds. The van der Waals surface area contributed by atoms with E-state index < -0.39 is 5.54 Å². The molecule has 0 bridgehead atoms. The number of hydrogen-bond acceptors (Lipinski definition) is 3. The summed E-state index contributed by atoms with van der Waals surface area (Å²) in [7, 11) is 0. The molecule has 1 aliphatic heterocycles. The zero-order chi connectivity index (χ0) is 15.6. The fourth-order valence-electron chi connectivity index (χ4n) is 3.71. The first-order valence-corrected chi connectivity index (χ1v) is 9.30. The Morgan fingerprint density at radius 3 is 2.48 bits per heavy atom. The Morgan fingerprint density at radius 2 is 1.90 bits per heavy atom. The van der Waals surface area contributed by atoms with Crippen LogP contribution in [0, 0.1) is 0 Å². The molecule has 0 spiro atoms. The third kappa shape index (κ3) is 2.94. The van der Waals surface area contributed by atoms with E-state index in [0.29, 0.717) is 18.1 Å². The first-order chi connectivity index (χ1) is 9.99.